The Labute approximate surface area is 200 Å². The number of hydrogen-bond donors (Lipinski definition) is 1. The van der Waals surface area contributed by atoms with Crippen LogP contribution in [0.15, 0.2) is 12.2 Å². The Hall–Kier alpha value is -2.22. The SMILES string of the molecule is C=C1C(=O)[C@]23C[C@H]1C[C@H](O)[C@H]2[C@]1(C)C[C@H](OC(C)=O)[C@H](OC(C)=O)C(C)(C)[C@H]1[C@@H](OC(C)=O)C3. The second-order valence-electron chi connectivity index (χ2n) is 11.7. The first-order chi connectivity index (χ1) is 15.6. The van der Waals surface area contributed by atoms with Crippen LogP contribution in [-0.2, 0) is 33.4 Å². The molecule has 0 saturated heterocycles. The molecule has 0 radical (unpaired) electrons. The van der Waals surface area contributed by atoms with Gasteiger partial charge in [-0.1, -0.05) is 27.4 Å². The first kappa shape index (κ1) is 24.9. The van der Waals surface area contributed by atoms with E-state index >= 15 is 0 Å². The highest BCUT2D eigenvalue weighted by Crippen LogP contribution is 2.71. The summed E-state index contributed by atoms with van der Waals surface area (Å²) in [5, 5.41) is 11.4. The van der Waals surface area contributed by atoms with Crippen molar-refractivity contribution in [3.8, 4) is 0 Å². The average molecular weight is 477 g/mol. The number of ether oxygens (including phenoxy) is 3. The second kappa shape index (κ2) is 7.90. The van der Waals surface area contributed by atoms with Crippen LogP contribution >= 0.6 is 0 Å². The van der Waals surface area contributed by atoms with E-state index in [1.165, 1.54) is 20.8 Å². The summed E-state index contributed by atoms with van der Waals surface area (Å²) in [4.78, 5) is 50.0. The van der Waals surface area contributed by atoms with E-state index in [9.17, 15) is 24.3 Å². The normalized spacial score (nSPS) is 44.5. The number of carbonyl (C=O) groups is 4. The van der Waals surface area contributed by atoms with Gasteiger partial charge in [0.25, 0.3) is 0 Å². The van der Waals surface area contributed by atoms with E-state index in [0.717, 1.165) is 0 Å². The molecule has 0 aromatic carbocycles. The lowest BCUT2D eigenvalue weighted by molar-refractivity contribution is -0.271. The molecule has 8 nitrogen and oxygen atoms in total. The van der Waals surface area contributed by atoms with E-state index in [0.29, 0.717) is 18.4 Å². The second-order valence-corrected chi connectivity index (χ2v) is 11.7. The summed E-state index contributed by atoms with van der Waals surface area (Å²) in [6, 6.07) is 0. The predicted molar refractivity (Wildman–Crippen MR) is 120 cm³/mol. The van der Waals surface area contributed by atoms with Crippen LogP contribution in [-0.4, -0.2) is 53.2 Å². The van der Waals surface area contributed by atoms with Crippen LogP contribution in [0.2, 0.25) is 0 Å². The molecule has 1 spiro atoms. The van der Waals surface area contributed by atoms with Gasteiger partial charge in [-0.2, -0.15) is 0 Å². The molecule has 0 unspecified atom stereocenters. The third-order valence-electron chi connectivity index (χ3n) is 9.15. The van der Waals surface area contributed by atoms with E-state index in [1.54, 1.807) is 0 Å². The summed E-state index contributed by atoms with van der Waals surface area (Å²) in [5.41, 5.74) is -1.90. The number of allylic oxidation sites excluding steroid dienone is 1. The molecule has 188 valence electrons. The molecule has 0 amide bonds. The number of carbonyl (C=O) groups excluding carboxylic acids is 4. The van der Waals surface area contributed by atoms with Gasteiger partial charge in [0, 0.05) is 43.4 Å². The zero-order valence-corrected chi connectivity index (χ0v) is 20.9. The van der Waals surface area contributed by atoms with Crippen molar-refractivity contribution in [3.63, 3.8) is 0 Å². The molecule has 4 saturated carbocycles. The van der Waals surface area contributed by atoms with Crippen LogP contribution in [0.4, 0.5) is 0 Å². The molecular formula is C26H36O8. The number of esters is 3. The summed E-state index contributed by atoms with van der Waals surface area (Å²) >= 11 is 0. The Balaban J connectivity index is 1.91. The summed E-state index contributed by atoms with van der Waals surface area (Å²) in [5.74, 6) is -2.40. The average Bonchev–Trinajstić information content (AvgIpc) is 2.83. The molecule has 4 rings (SSSR count). The monoisotopic (exact) mass is 476 g/mol. The van der Waals surface area contributed by atoms with Gasteiger partial charge in [-0.05, 0) is 42.6 Å². The topological polar surface area (TPSA) is 116 Å². The van der Waals surface area contributed by atoms with Crippen LogP contribution in [0.1, 0.15) is 67.2 Å². The molecule has 9 atom stereocenters. The number of aliphatic hydroxyl groups is 1. The lowest BCUT2D eigenvalue weighted by Crippen LogP contribution is -2.71. The summed E-state index contributed by atoms with van der Waals surface area (Å²) < 4.78 is 17.3. The maximum atomic E-state index is 13.7. The third kappa shape index (κ3) is 3.43. The minimum atomic E-state index is -0.893. The van der Waals surface area contributed by atoms with Crippen molar-refractivity contribution in [1.82, 2.24) is 0 Å². The van der Waals surface area contributed by atoms with E-state index in [-0.39, 0.29) is 30.5 Å². The zero-order valence-electron chi connectivity index (χ0n) is 20.9. The molecule has 34 heavy (non-hydrogen) atoms. The maximum absolute atomic E-state index is 13.7. The lowest BCUT2D eigenvalue weighted by atomic mass is 9.39. The first-order valence-electron chi connectivity index (χ1n) is 12.1. The number of fused-ring (bicyclic) bond motifs is 3. The maximum Gasteiger partial charge on any atom is 0.303 e. The smallest absolute Gasteiger partial charge is 0.303 e. The largest absolute Gasteiger partial charge is 0.462 e. The van der Waals surface area contributed by atoms with Crippen molar-refractivity contribution in [2.45, 2.75) is 91.6 Å². The van der Waals surface area contributed by atoms with Crippen LogP contribution in [0.3, 0.4) is 0 Å². The van der Waals surface area contributed by atoms with Gasteiger partial charge in [0.1, 0.15) is 18.3 Å². The van der Waals surface area contributed by atoms with Crippen molar-refractivity contribution < 1.29 is 38.5 Å². The molecule has 4 aliphatic carbocycles. The highest BCUT2D eigenvalue weighted by atomic mass is 16.6. The standard InChI is InChI=1S/C26H36O8/c1-12-16-8-17(30)20-25(7)10-19(33-14(3)28)23(34-15(4)29)24(5,6)21(25)18(32-13(2)27)11-26(20,9-16)22(12)31/h16-21,23,30H,1,8-11H2,2-7H3/t16-,17+,18+,19+,20+,21-,23+,25+,26+/m1/s1. The summed E-state index contributed by atoms with van der Waals surface area (Å²) in [6.07, 6.45) is -1.36. The van der Waals surface area contributed by atoms with Gasteiger partial charge in [-0.3, -0.25) is 19.2 Å². The van der Waals surface area contributed by atoms with Gasteiger partial charge < -0.3 is 19.3 Å². The van der Waals surface area contributed by atoms with Crippen LogP contribution in [0.25, 0.3) is 0 Å². The molecule has 1 N–H and O–H groups in total. The number of ketones is 1. The summed E-state index contributed by atoms with van der Waals surface area (Å²) in [6.45, 7) is 13.8. The van der Waals surface area contributed by atoms with Gasteiger partial charge in [-0.25, -0.2) is 0 Å². The van der Waals surface area contributed by atoms with Gasteiger partial charge in [0.05, 0.1) is 6.10 Å². The Morgan fingerprint density at radius 3 is 2.00 bits per heavy atom. The molecule has 0 aliphatic heterocycles. The number of hydrogen-bond acceptors (Lipinski definition) is 8. The van der Waals surface area contributed by atoms with E-state index in [1.807, 2.05) is 20.8 Å². The van der Waals surface area contributed by atoms with Gasteiger partial charge >= 0.3 is 17.9 Å². The Morgan fingerprint density at radius 2 is 1.44 bits per heavy atom. The molecular weight excluding hydrogens is 440 g/mol. The summed E-state index contributed by atoms with van der Waals surface area (Å²) in [7, 11) is 0. The van der Waals surface area contributed by atoms with Crippen molar-refractivity contribution in [2.24, 2.45) is 34.0 Å². The molecule has 0 aromatic rings. The lowest BCUT2D eigenvalue weighted by Gasteiger charge is -2.67. The predicted octanol–water partition coefficient (Wildman–Crippen LogP) is 2.75. The highest BCUT2D eigenvalue weighted by molar-refractivity contribution is 6.03. The minimum absolute atomic E-state index is 0.0557. The zero-order chi connectivity index (χ0) is 25.4. The molecule has 8 heteroatoms. The van der Waals surface area contributed by atoms with Crippen molar-refractivity contribution >= 4 is 23.7 Å². The number of Topliss-reactive ketones (excluding diaryl/α,β-unsaturated/α-hetero) is 1. The van der Waals surface area contributed by atoms with E-state index in [2.05, 4.69) is 6.58 Å². The van der Waals surface area contributed by atoms with Crippen LogP contribution in [0.5, 0.6) is 0 Å². The van der Waals surface area contributed by atoms with Crippen LogP contribution in [0, 0.1) is 34.0 Å². The first-order valence-corrected chi connectivity index (χ1v) is 12.1. The molecule has 0 heterocycles. The molecule has 2 bridgehead atoms. The minimum Gasteiger partial charge on any atom is -0.462 e. The highest BCUT2D eigenvalue weighted by Gasteiger charge is 2.74. The quantitative estimate of drug-likeness (QED) is 0.376. The van der Waals surface area contributed by atoms with E-state index < -0.39 is 64.5 Å². The van der Waals surface area contributed by atoms with Crippen molar-refractivity contribution in [1.29, 1.82) is 0 Å². The fraction of sp³-hybridized carbons (Fsp3) is 0.769. The molecule has 4 aliphatic rings. The van der Waals surface area contributed by atoms with Gasteiger partial charge in [0.15, 0.2) is 5.78 Å². The Bertz CT molecular complexity index is 952. The van der Waals surface area contributed by atoms with Crippen molar-refractivity contribution in [2.75, 3.05) is 0 Å². The third-order valence-corrected chi connectivity index (χ3v) is 9.15. The molecule has 0 aromatic heterocycles. The number of aliphatic hydroxyl groups excluding tert-OH is 1. The molecule has 4 fully saturated rings. The Kier molecular flexibility index (Phi) is 5.78. The number of rotatable bonds is 3. The van der Waals surface area contributed by atoms with Crippen LogP contribution < -0.4 is 0 Å². The van der Waals surface area contributed by atoms with Gasteiger partial charge in [0.2, 0.25) is 0 Å². The fourth-order valence-corrected chi connectivity index (χ4v) is 8.74. The van der Waals surface area contributed by atoms with E-state index in [4.69, 9.17) is 14.2 Å². The fourth-order valence-electron chi connectivity index (χ4n) is 8.74. The van der Waals surface area contributed by atoms with Gasteiger partial charge in [-0.15, -0.1) is 0 Å². The Morgan fingerprint density at radius 1 is 0.882 bits per heavy atom. The van der Waals surface area contributed by atoms with Crippen molar-refractivity contribution in [3.05, 3.63) is 12.2 Å².